The van der Waals surface area contributed by atoms with Crippen molar-refractivity contribution >= 4 is 17.2 Å². The summed E-state index contributed by atoms with van der Waals surface area (Å²) < 4.78 is 0. The second-order valence-corrected chi connectivity index (χ2v) is 6.94. The SMILES string of the molecule is CC(C)C(NC(=O)C1(C#N)CCCCC1)c1cccs1. The Morgan fingerprint density at radius 2 is 2.10 bits per heavy atom. The summed E-state index contributed by atoms with van der Waals surface area (Å²) in [6.07, 6.45) is 4.49. The Morgan fingerprint density at radius 1 is 1.40 bits per heavy atom. The van der Waals surface area contributed by atoms with E-state index in [0.717, 1.165) is 24.1 Å². The molecule has 2 rings (SSSR count). The van der Waals surface area contributed by atoms with E-state index in [1.807, 2.05) is 11.4 Å². The summed E-state index contributed by atoms with van der Waals surface area (Å²) in [6.45, 7) is 4.20. The Hall–Kier alpha value is -1.34. The molecule has 1 heterocycles. The molecule has 1 aliphatic carbocycles. The quantitative estimate of drug-likeness (QED) is 0.910. The number of thiophene rings is 1. The topological polar surface area (TPSA) is 52.9 Å². The lowest BCUT2D eigenvalue weighted by molar-refractivity contribution is -0.130. The van der Waals surface area contributed by atoms with E-state index in [2.05, 4.69) is 31.3 Å². The molecule has 1 unspecified atom stereocenters. The third-order valence-electron chi connectivity index (χ3n) is 4.16. The zero-order chi connectivity index (χ0) is 14.6. The summed E-state index contributed by atoms with van der Waals surface area (Å²) in [7, 11) is 0. The summed E-state index contributed by atoms with van der Waals surface area (Å²) in [6, 6.07) is 6.36. The Kier molecular flexibility index (Phi) is 4.82. The molecule has 1 aliphatic rings. The molecule has 20 heavy (non-hydrogen) atoms. The van der Waals surface area contributed by atoms with E-state index in [9.17, 15) is 10.1 Å². The predicted molar refractivity (Wildman–Crippen MR) is 81.2 cm³/mol. The lowest BCUT2D eigenvalue weighted by Crippen LogP contribution is -2.44. The average Bonchev–Trinajstić information content (AvgIpc) is 2.98. The van der Waals surface area contributed by atoms with Crippen molar-refractivity contribution in [2.24, 2.45) is 11.3 Å². The summed E-state index contributed by atoms with van der Waals surface area (Å²) in [4.78, 5) is 13.8. The predicted octanol–water partition coefficient (Wildman–Crippen LogP) is 4.04. The number of hydrogen-bond donors (Lipinski definition) is 1. The van der Waals surface area contributed by atoms with Crippen LogP contribution in [-0.4, -0.2) is 5.91 Å². The zero-order valence-corrected chi connectivity index (χ0v) is 13.0. The van der Waals surface area contributed by atoms with Crippen LogP contribution in [0.3, 0.4) is 0 Å². The summed E-state index contributed by atoms with van der Waals surface area (Å²) in [5.41, 5.74) is -0.803. The first kappa shape index (κ1) is 15.1. The molecule has 0 aromatic carbocycles. The molecule has 1 amide bonds. The molecule has 1 atom stereocenters. The van der Waals surface area contributed by atoms with Crippen molar-refractivity contribution in [3.63, 3.8) is 0 Å². The number of nitriles is 1. The molecule has 4 heteroatoms. The highest BCUT2D eigenvalue weighted by molar-refractivity contribution is 7.10. The van der Waals surface area contributed by atoms with Crippen LogP contribution in [0.2, 0.25) is 0 Å². The number of carbonyl (C=O) groups excluding carboxylic acids is 1. The molecule has 1 fully saturated rings. The van der Waals surface area contributed by atoms with Crippen LogP contribution in [0.5, 0.6) is 0 Å². The lowest BCUT2D eigenvalue weighted by atomic mass is 9.74. The first-order valence-electron chi connectivity index (χ1n) is 7.35. The van der Waals surface area contributed by atoms with Gasteiger partial charge in [-0.2, -0.15) is 5.26 Å². The van der Waals surface area contributed by atoms with Crippen LogP contribution in [0.15, 0.2) is 17.5 Å². The van der Waals surface area contributed by atoms with Gasteiger partial charge in [0.1, 0.15) is 5.41 Å². The van der Waals surface area contributed by atoms with E-state index in [0.29, 0.717) is 18.8 Å². The van der Waals surface area contributed by atoms with E-state index < -0.39 is 5.41 Å². The van der Waals surface area contributed by atoms with Crippen molar-refractivity contribution in [3.8, 4) is 6.07 Å². The first-order chi connectivity index (χ1) is 9.59. The molecule has 0 bridgehead atoms. The Labute approximate surface area is 125 Å². The van der Waals surface area contributed by atoms with Crippen molar-refractivity contribution in [2.75, 3.05) is 0 Å². The van der Waals surface area contributed by atoms with E-state index >= 15 is 0 Å². The minimum Gasteiger partial charge on any atom is -0.347 e. The normalized spacial score (nSPS) is 19.3. The van der Waals surface area contributed by atoms with Gasteiger partial charge in [-0.15, -0.1) is 11.3 Å². The van der Waals surface area contributed by atoms with Crippen molar-refractivity contribution < 1.29 is 4.79 Å². The summed E-state index contributed by atoms with van der Waals surface area (Å²) in [5.74, 6) is 0.240. The van der Waals surface area contributed by atoms with E-state index in [1.54, 1.807) is 11.3 Å². The molecular formula is C16H22N2OS. The van der Waals surface area contributed by atoms with Crippen LogP contribution in [0.1, 0.15) is 56.9 Å². The third-order valence-corrected chi connectivity index (χ3v) is 5.11. The fraction of sp³-hybridized carbons (Fsp3) is 0.625. The number of nitrogens with zero attached hydrogens (tertiary/aromatic N) is 1. The maximum absolute atomic E-state index is 12.6. The van der Waals surface area contributed by atoms with Gasteiger partial charge >= 0.3 is 0 Å². The van der Waals surface area contributed by atoms with E-state index in [1.165, 1.54) is 0 Å². The minimum absolute atomic E-state index is 0.00894. The molecule has 1 aromatic rings. The Morgan fingerprint density at radius 3 is 2.60 bits per heavy atom. The van der Waals surface area contributed by atoms with Gasteiger partial charge < -0.3 is 5.32 Å². The van der Waals surface area contributed by atoms with Crippen LogP contribution in [0, 0.1) is 22.7 Å². The molecule has 1 aromatic heterocycles. The maximum atomic E-state index is 12.6. The molecule has 0 radical (unpaired) electrons. The molecule has 0 aliphatic heterocycles. The molecule has 0 spiro atoms. The summed E-state index contributed by atoms with van der Waals surface area (Å²) >= 11 is 1.66. The summed E-state index contributed by atoms with van der Waals surface area (Å²) in [5, 5.41) is 14.6. The number of carbonyl (C=O) groups is 1. The van der Waals surface area contributed by atoms with Crippen LogP contribution in [-0.2, 0) is 4.79 Å². The Balaban J connectivity index is 2.14. The Bertz CT molecular complexity index is 481. The number of amides is 1. The van der Waals surface area contributed by atoms with E-state index in [4.69, 9.17) is 0 Å². The molecule has 108 valence electrons. The zero-order valence-electron chi connectivity index (χ0n) is 12.2. The minimum atomic E-state index is -0.803. The standard InChI is InChI=1S/C16H22N2OS/c1-12(2)14(13-7-6-10-20-13)18-15(19)16(11-17)8-4-3-5-9-16/h6-7,10,12,14H,3-5,8-9H2,1-2H3,(H,18,19). The third kappa shape index (κ3) is 3.04. The highest BCUT2D eigenvalue weighted by Gasteiger charge is 2.41. The van der Waals surface area contributed by atoms with Crippen molar-refractivity contribution in [1.82, 2.24) is 5.32 Å². The second-order valence-electron chi connectivity index (χ2n) is 5.97. The largest absolute Gasteiger partial charge is 0.347 e. The van der Waals surface area contributed by atoms with Gasteiger partial charge in [-0.1, -0.05) is 39.2 Å². The second kappa shape index (κ2) is 6.41. The van der Waals surface area contributed by atoms with Crippen LogP contribution >= 0.6 is 11.3 Å². The van der Waals surface area contributed by atoms with Gasteiger partial charge in [0.05, 0.1) is 12.1 Å². The van der Waals surface area contributed by atoms with E-state index in [-0.39, 0.29) is 11.9 Å². The van der Waals surface area contributed by atoms with Crippen LogP contribution in [0.25, 0.3) is 0 Å². The van der Waals surface area contributed by atoms with Gasteiger partial charge in [0, 0.05) is 4.88 Å². The number of nitrogens with one attached hydrogen (secondary N) is 1. The molecule has 1 N–H and O–H groups in total. The van der Waals surface area contributed by atoms with Gasteiger partial charge in [0.2, 0.25) is 5.91 Å². The fourth-order valence-corrected chi connectivity index (χ4v) is 3.81. The van der Waals surface area contributed by atoms with Gasteiger partial charge in [-0.05, 0) is 30.2 Å². The average molecular weight is 290 g/mol. The number of rotatable bonds is 4. The smallest absolute Gasteiger partial charge is 0.240 e. The molecule has 0 saturated heterocycles. The lowest BCUT2D eigenvalue weighted by Gasteiger charge is -2.32. The van der Waals surface area contributed by atoms with Crippen LogP contribution in [0.4, 0.5) is 0 Å². The maximum Gasteiger partial charge on any atom is 0.240 e. The van der Waals surface area contributed by atoms with Gasteiger partial charge in [-0.25, -0.2) is 0 Å². The molecule has 1 saturated carbocycles. The van der Waals surface area contributed by atoms with Crippen molar-refractivity contribution in [3.05, 3.63) is 22.4 Å². The van der Waals surface area contributed by atoms with Gasteiger partial charge in [0.25, 0.3) is 0 Å². The molecular weight excluding hydrogens is 268 g/mol. The highest BCUT2D eigenvalue weighted by atomic mass is 32.1. The van der Waals surface area contributed by atoms with Gasteiger partial charge in [-0.3, -0.25) is 4.79 Å². The van der Waals surface area contributed by atoms with Crippen molar-refractivity contribution in [2.45, 2.75) is 52.0 Å². The highest BCUT2D eigenvalue weighted by Crippen LogP contribution is 2.37. The van der Waals surface area contributed by atoms with Gasteiger partial charge in [0.15, 0.2) is 0 Å². The fourth-order valence-electron chi connectivity index (χ4n) is 2.86. The van der Waals surface area contributed by atoms with Crippen molar-refractivity contribution in [1.29, 1.82) is 5.26 Å². The monoisotopic (exact) mass is 290 g/mol. The van der Waals surface area contributed by atoms with Crippen LogP contribution < -0.4 is 5.32 Å². The first-order valence-corrected chi connectivity index (χ1v) is 8.23. The number of hydrogen-bond acceptors (Lipinski definition) is 3. The molecule has 3 nitrogen and oxygen atoms in total.